The second-order valence-corrected chi connectivity index (χ2v) is 3.51. The molecule has 0 aromatic carbocycles. The molecule has 0 saturated carbocycles. The van der Waals surface area contributed by atoms with Gasteiger partial charge in [-0.15, -0.1) is 0 Å². The quantitative estimate of drug-likeness (QED) is 0.296. The van der Waals surface area contributed by atoms with Crippen LogP contribution in [0.4, 0.5) is 0 Å². The summed E-state index contributed by atoms with van der Waals surface area (Å²) in [5.74, 6) is -0.817. The zero-order valence-corrected chi connectivity index (χ0v) is 5.21. The molecule has 1 saturated heterocycles. The highest BCUT2D eigenvalue weighted by Gasteiger charge is 2.48. The van der Waals surface area contributed by atoms with E-state index < -0.39 is 13.4 Å². The van der Waals surface area contributed by atoms with E-state index in [-0.39, 0.29) is 29.2 Å². The molecular weight excluding hydrogens is 155 g/mol. The van der Waals surface area contributed by atoms with Crippen LogP contribution in [0.3, 0.4) is 0 Å². The average molecular weight is 164 g/mol. The van der Waals surface area contributed by atoms with Crippen molar-refractivity contribution in [3.8, 4) is 0 Å². The topological polar surface area (TPSA) is 70.1 Å². The molecule has 0 aliphatic carbocycles. The van der Waals surface area contributed by atoms with Crippen molar-refractivity contribution in [2.45, 2.75) is 18.9 Å². The molecule has 0 unspecified atom stereocenters. The van der Waals surface area contributed by atoms with Crippen molar-refractivity contribution in [3.63, 3.8) is 0 Å². The Morgan fingerprint density at radius 3 is 1.89 bits per heavy atom. The van der Waals surface area contributed by atoms with Crippen molar-refractivity contribution in [2.24, 2.45) is 0 Å². The van der Waals surface area contributed by atoms with Gasteiger partial charge in [0, 0.05) is 0 Å². The van der Waals surface area contributed by atoms with Crippen LogP contribution in [-0.2, 0) is 9.30 Å². The molecule has 1 heterocycles. The van der Waals surface area contributed by atoms with Gasteiger partial charge in [0.15, 0.2) is 5.85 Å². The van der Waals surface area contributed by atoms with Crippen molar-refractivity contribution in [1.82, 2.24) is 0 Å². The maximum absolute atomic E-state index is 10.2. The smallest absolute Gasteiger partial charge is 0.356 e. The third kappa shape index (κ3) is 2.53. The predicted molar refractivity (Wildman–Crippen MR) is 34.9 cm³/mol. The Balaban J connectivity index is 0.000000640. The Hall–Kier alpha value is 0.876. The Bertz CT molecular complexity index is 143. The number of epoxide rings is 1. The Kier molecular flexibility index (Phi) is 3.14. The van der Waals surface area contributed by atoms with Crippen LogP contribution < -0.4 is 0 Å². The molecule has 9 heavy (non-hydrogen) atoms. The lowest BCUT2D eigenvalue weighted by molar-refractivity contribution is 0.333. The molecule has 1 aliphatic rings. The molecule has 2 N–H and O–H groups in total. The summed E-state index contributed by atoms with van der Waals surface area (Å²) in [5.41, 5.74) is 0. The van der Waals surface area contributed by atoms with E-state index in [1.807, 2.05) is 0 Å². The summed E-state index contributed by atoms with van der Waals surface area (Å²) in [6, 6.07) is 0. The highest BCUT2D eigenvalue weighted by Crippen LogP contribution is 2.52. The van der Waals surface area contributed by atoms with Gasteiger partial charge in [0.2, 0.25) is 0 Å². The van der Waals surface area contributed by atoms with Crippen LogP contribution in [0.2, 0.25) is 0 Å². The van der Waals surface area contributed by atoms with E-state index in [0.29, 0.717) is 0 Å². The first-order valence-electron chi connectivity index (χ1n) is 2.22. The van der Waals surface area contributed by atoms with Gasteiger partial charge in [-0.2, -0.15) is 0 Å². The molecule has 1 fully saturated rings. The SMILES string of the molecule is C[C@@H]1O[C@@H]1P(=O)(O)O.[MgH2]. The first-order chi connectivity index (χ1) is 3.52. The summed E-state index contributed by atoms with van der Waals surface area (Å²) in [6.07, 6.45) is -0.254. The summed E-state index contributed by atoms with van der Waals surface area (Å²) in [4.78, 5) is 16.6. The number of hydrogen-bond donors (Lipinski definition) is 2. The molecule has 2 atom stereocenters. The van der Waals surface area contributed by atoms with Crippen LogP contribution in [-0.4, -0.2) is 44.8 Å². The summed E-state index contributed by atoms with van der Waals surface area (Å²) < 4.78 is 14.7. The minimum Gasteiger partial charge on any atom is -0.356 e. The van der Waals surface area contributed by atoms with Gasteiger partial charge < -0.3 is 14.5 Å². The molecule has 0 bridgehead atoms. The predicted octanol–water partition coefficient (Wildman–Crippen LogP) is -1.01. The van der Waals surface area contributed by atoms with E-state index in [0.717, 1.165) is 0 Å². The fraction of sp³-hybridized carbons (Fsp3) is 1.00. The number of hydrogen-bond acceptors (Lipinski definition) is 2. The van der Waals surface area contributed by atoms with Crippen molar-refractivity contribution >= 4 is 30.6 Å². The maximum Gasteiger partial charge on any atom is 0.356 e. The monoisotopic (exact) mass is 164 g/mol. The minimum atomic E-state index is -3.90. The van der Waals surface area contributed by atoms with Gasteiger partial charge in [0.25, 0.3) is 0 Å². The van der Waals surface area contributed by atoms with Crippen LogP contribution in [0.15, 0.2) is 0 Å². The van der Waals surface area contributed by atoms with Gasteiger partial charge in [-0.25, -0.2) is 0 Å². The Labute approximate surface area is 68.9 Å². The summed E-state index contributed by atoms with van der Waals surface area (Å²) >= 11 is 0. The molecule has 1 aliphatic heterocycles. The number of rotatable bonds is 1. The molecule has 52 valence electrons. The van der Waals surface area contributed by atoms with Crippen LogP contribution in [0, 0.1) is 0 Å². The normalized spacial score (nSPS) is 33.2. The average Bonchev–Trinajstić information content (AvgIpc) is 2.13. The summed E-state index contributed by atoms with van der Waals surface area (Å²) in [7, 11) is -3.90. The van der Waals surface area contributed by atoms with E-state index in [4.69, 9.17) is 9.79 Å². The van der Waals surface area contributed by atoms with Gasteiger partial charge in [0.05, 0.1) is 6.10 Å². The lowest BCUT2D eigenvalue weighted by Crippen LogP contribution is -1.89. The second kappa shape index (κ2) is 2.86. The zero-order valence-electron chi connectivity index (χ0n) is 4.31. The van der Waals surface area contributed by atoms with E-state index in [1.165, 1.54) is 0 Å². The van der Waals surface area contributed by atoms with Crippen molar-refractivity contribution < 1.29 is 19.1 Å². The third-order valence-electron chi connectivity index (χ3n) is 1.01. The van der Waals surface area contributed by atoms with Crippen LogP contribution in [0.5, 0.6) is 0 Å². The van der Waals surface area contributed by atoms with E-state index in [2.05, 4.69) is 4.74 Å². The van der Waals surface area contributed by atoms with Gasteiger partial charge >= 0.3 is 30.6 Å². The van der Waals surface area contributed by atoms with Crippen LogP contribution in [0.1, 0.15) is 6.92 Å². The molecule has 0 aromatic rings. The second-order valence-electron chi connectivity index (χ2n) is 1.82. The first kappa shape index (κ1) is 9.88. The standard InChI is InChI=1S/C3H7O4P.Mg.2H/c1-2-3(7-2)8(4,5)6;;;/h2-3H,1H3,(H2,4,5,6);;;/t2-,3+;;;/m0.../s1. The lowest BCUT2D eigenvalue weighted by atomic mass is 10.6. The molecular formula is C3H9MgO4P. The van der Waals surface area contributed by atoms with Crippen LogP contribution in [0.25, 0.3) is 0 Å². The Morgan fingerprint density at radius 2 is 1.89 bits per heavy atom. The number of ether oxygens (including phenoxy) is 1. The van der Waals surface area contributed by atoms with Gasteiger partial charge in [-0.3, -0.25) is 4.57 Å². The first-order valence-corrected chi connectivity index (χ1v) is 3.90. The molecule has 0 amide bonds. The van der Waals surface area contributed by atoms with Crippen LogP contribution >= 0.6 is 7.60 Å². The minimum absolute atomic E-state index is 0. The molecule has 0 aromatic heterocycles. The highest BCUT2D eigenvalue weighted by atomic mass is 31.2. The van der Waals surface area contributed by atoms with Crippen molar-refractivity contribution in [1.29, 1.82) is 0 Å². The van der Waals surface area contributed by atoms with E-state index in [9.17, 15) is 4.57 Å². The molecule has 4 nitrogen and oxygen atoms in total. The van der Waals surface area contributed by atoms with E-state index >= 15 is 0 Å². The van der Waals surface area contributed by atoms with Gasteiger partial charge in [-0.05, 0) is 6.92 Å². The molecule has 6 heteroatoms. The lowest BCUT2D eigenvalue weighted by Gasteiger charge is -1.93. The molecule has 0 spiro atoms. The molecule has 0 radical (unpaired) electrons. The fourth-order valence-corrected chi connectivity index (χ4v) is 1.42. The maximum atomic E-state index is 10.2. The van der Waals surface area contributed by atoms with Gasteiger partial charge in [-0.1, -0.05) is 0 Å². The van der Waals surface area contributed by atoms with Crippen molar-refractivity contribution in [2.75, 3.05) is 0 Å². The van der Waals surface area contributed by atoms with Crippen molar-refractivity contribution in [3.05, 3.63) is 0 Å². The van der Waals surface area contributed by atoms with E-state index in [1.54, 1.807) is 6.92 Å². The summed E-state index contributed by atoms with van der Waals surface area (Å²) in [6.45, 7) is 1.63. The summed E-state index contributed by atoms with van der Waals surface area (Å²) in [5, 5.41) is 0. The fourth-order valence-electron chi connectivity index (χ4n) is 0.527. The highest BCUT2D eigenvalue weighted by molar-refractivity contribution is 7.52. The largest absolute Gasteiger partial charge is 0.356 e. The van der Waals surface area contributed by atoms with Gasteiger partial charge in [0.1, 0.15) is 0 Å². The molecule has 1 rings (SSSR count). The Morgan fingerprint density at radius 1 is 1.56 bits per heavy atom. The third-order valence-corrected chi connectivity index (χ3v) is 2.22. The zero-order chi connectivity index (χ0) is 6.36.